The lowest BCUT2D eigenvalue weighted by molar-refractivity contribution is -0.127. The lowest BCUT2D eigenvalue weighted by atomic mass is 9.84. The van der Waals surface area contributed by atoms with Crippen LogP contribution in [0.2, 0.25) is 0 Å². The van der Waals surface area contributed by atoms with Gasteiger partial charge in [0.1, 0.15) is 0 Å². The molecule has 4 nitrogen and oxygen atoms in total. The molecule has 1 amide bonds. The van der Waals surface area contributed by atoms with E-state index in [2.05, 4.69) is 10.3 Å². The fraction of sp³-hybridized carbons (Fsp3) is 0.667. The van der Waals surface area contributed by atoms with Gasteiger partial charge in [0, 0.05) is 17.1 Å². The molecule has 2 aliphatic carbocycles. The van der Waals surface area contributed by atoms with Gasteiger partial charge in [-0.2, -0.15) is 0 Å². The molecule has 2 saturated carbocycles. The number of hydrogen-bond donors (Lipinski definition) is 2. The standard InChI is InChI=1S/C12H17N3OS/c13-11-8-2-1-7(3-8)10(11)12(16)15-5-9-4-14-6-17-9/h4,6-8,10-11H,1-3,5,13H2,(H,15,16). The molecule has 0 saturated heterocycles. The van der Waals surface area contributed by atoms with Gasteiger partial charge in [-0.25, -0.2) is 0 Å². The van der Waals surface area contributed by atoms with E-state index in [1.54, 1.807) is 23.0 Å². The maximum absolute atomic E-state index is 12.1. The van der Waals surface area contributed by atoms with E-state index in [1.165, 1.54) is 12.8 Å². The van der Waals surface area contributed by atoms with Crippen molar-refractivity contribution in [2.75, 3.05) is 0 Å². The van der Waals surface area contributed by atoms with Gasteiger partial charge in [-0.15, -0.1) is 11.3 Å². The second-order valence-corrected chi connectivity index (χ2v) is 6.09. The molecule has 4 atom stereocenters. The van der Waals surface area contributed by atoms with E-state index in [4.69, 9.17) is 5.73 Å². The number of fused-ring (bicyclic) bond motifs is 2. The zero-order chi connectivity index (χ0) is 11.8. The normalized spacial score (nSPS) is 35.1. The molecule has 3 N–H and O–H groups in total. The first-order chi connectivity index (χ1) is 8.25. The van der Waals surface area contributed by atoms with Crippen molar-refractivity contribution in [3.8, 4) is 0 Å². The highest BCUT2D eigenvalue weighted by atomic mass is 32.1. The SMILES string of the molecule is NC1C2CCC(C2)C1C(=O)NCc1cncs1. The number of amides is 1. The fourth-order valence-electron chi connectivity index (χ4n) is 3.35. The highest BCUT2D eigenvalue weighted by Gasteiger charge is 2.48. The van der Waals surface area contributed by atoms with Crippen molar-refractivity contribution in [1.82, 2.24) is 10.3 Å². The predicted molar refractivity (Wildman–Crippen MR) is 66.3 cm³/mol. The Hall–Kier alpha value is -0.940. The largest absolute Gasteiger partial charge is 0.351 e. The summed E-state index contributed by atoms with van der Waals surface area (Å²) in [6.07, 6.45) is 5.34. The summed E-state index contributed by atoms with van der Waals surface area (Å²) >= 11 is 1.57. The minimum absolute atomic E-state index is 0.0432. The first-order valence-electron chi connectivity index (χ1n) is 6.16. The number of nitrogens with zero attached hydrogens (tertiary/aromatic N) is 1. The molecule has 1 aromatic heterocycles. The third-order valence-corrected chi connectivity index (χ3v) is 4.98. The van der Waals surface area contributed by atoms with E-state index in [-0.39, 0.29) is 17.9 Å². The molecule has 0 aliphatic heterocycles. The first kappa shape index (κ1) is 11.2. The molecular formula is C12H17N3OS. The molecule has 1 aromatic rings. The van der Waals surface area contributed by atoms with Crippen LogP contribution in [0, 0.1) is 17.8 Å². The maximum atomic E-state index is 12.1. The first-order valence-corrected chi connectivity index (χ1v) is 7.04. The molecule has 92 valence electrons. The second kappa shape index (κ2) is 4.38. The Morgan fingerprint density at radius 2 is 2.35 bits per heavy atom. The molecule has 5 heteroatoms. The molecule has 4 unspecified atom stereocenters. The molecule has 1 heterocycles. The molecule has 0 spiro atoms. The average molecular weight is 251 g/mol. The van der Waals surface area contributed by atoms with E-state index in [1.807, 2.05) is 0 Å². The quantitative estimate of drug-likeness (QED) is 0.846. The highest BCUT2D eigenvalue weighted by molar-refractivity contribution is 7.09. The minimum atomic E-state index is 0.0432. The Kier molecular flexibility index (Phi) is 2.88. The van der Waals surface area contributed by atoms with Crippen LogP contribution >= 0.6 is 11.3 Å². The molecule has 3 rings (SSSR count). The topological polar surface area (TPSA) is 68.0 Å². The summed E-state index contributed by atoms with van der Waals surface area (Å²) in [5.41, 5.74) is 7.93. The van der Waals surface area contributed by atoms with Crippen LogP contribution in [0.4, 0.5) is 0 Å². The van der Waals surface area contributed by atoms with E-state index in [0.717, 1.165) is 11.3 Å². The van der Waals surface area contributed by atoms with Crippen LogP contribution in [0.25, 0.3) is 0 Å². The van der Waals surface area contributed by atoms with Gasteiger partial charge in [-0.3, -0.25) is 9.78 Å². The van der Waals surface area contributed by atoms with Gasteiger partial charge in [-0.05, 0) is 31.1 Å². The number of thiazole rings is 1. The van der Waals surface area contributed by atoms with Gasteiger partial charge in [0.05, 0.1) is 18.0 Å². The molecule has 2 fully saturated rings. The second-order valence-electron chi connectivity index (χ2n) is 5.12. The van der Waals surface area contributed by atoms with Gasteiger partial charge >= 0.3 is 0 Å². The molecule has 0 radical (unpaired) electrons. The van der Waals surface area contributed by atoms with Crippen molar-refractivity contribution in [3.63, 3.8) is 0 Å². The third kappa shape index (κ3) is 1.98. The van der Waals surface area contributed by atoms with Crippen LogP contribution in [0.1, 0.15) is 24.1 Å². The fourth-order valence-corrected chi connectivity index (χ4v) is 3.88. The summed E-state index contributed by atoms with van der Waals surface area (Å²) in [5, 5.41) is 2.99. The molecule has 17 heavy (non-hydrogen) atoms. The van der Waals surface area contributed by atoms with Gasteiger partial charge in [-0.1, -0.05) is 0 Å². The lowest BCUT2D eigenvalue weighted by Crippen LogP contribution is -2.45. The summed E-state index contributed by atoms with van der Waals surface area (Å²) in [4.78, 5) is 17.2. The Balaban J connectivity index is 1.59. The molecular weight excluding hydrogens is 234 g/mol. The van der Waals surface area contributed by atoms with E-state index >= 15 is 0 Å². The zero-order valence-electron chi connectivity index (χ0n) is 9.63. The number of carbonyl (C=O) groups is 1. The Bertz CT molecular complexity index is 404. The summed E-state index contributed by atoms with van der Waals surface area (Å²) in [5.74, 6) is 1.29. The van der Waals surface area contributed by atoms with E-state index in [0.29, 0.717) is 18.4 Å². The average Bonchev–Trinajstić information content (AvgIpc) is 3.02. The Morgan fingerprint density at radius 1 is 1.53 bits per heavy atom. The van der Waals surface area contributed by atoms with Crippen molar-refractivity contribution in [1.29, 1.82) is 0 Å². The van der Waals surface area contributed by atoms with Crippen molar-refractivity contribution in [2.24, 2.45) is 23.5 Å². The van der Waals surface area contributed by atoms with Crippen LogP contribution in [-0.2, 0) is 11.3 Å². The van der Waals surface area contributed by atoms with Gasteiger partial charge in [0.2, 0.25) is 5.91 Å². The summed E-state index contributed by atoms with van der Waals surface area (Å²) in [6, 6.07) is 0.0789. The van der Waals surface area contributed by atoms with Crippen LogP contribution in [0.5, 0.6) is 0 Å². The summed E-state index contributed by atoms with van der Waals surface area (Å²) in [6.45, 7) is 0.587. The smallest absolute Gasteiger partial charge is 0.225 e. The number of nitrogens with one attached hydrogen (secondary N) is 1. The Labute approximate surface area is 105 Å². The van der Waals surface area contributed by atoms with Crippen LogP contribution < -0.4 is 11.1 Å². The minimum Gasteiger partial charge on any atom is -0.351 e. The van der Waals surface area contributed by atoms with E-state index < -0.39 is 0 Å². The predicted octanol–water partition coefficient (Wildman–Crippen LogP) is 1.13. The van der Waals surface area contributed by atoms with Gasteiger partial charge in [0.15, 0.2) is 0 Å². The third-order valence-electron chi connectivity index (χ3n) is 4.20. The number of carbonyl (C=O) groups excluding carboxylic acids is 1. The van der Waals surface area contributed by atoms with Crippen molar-refractivity contribution < 1.29 is 4.79 Å². The monoisotopic (exact) mass is 251 g/mol. The molecule has 2 bridgehead atoms. The Morgan fingerprint density at radius 3 is 3.00 bits per heavy atom. The molecule has 2 aliphatic rings. The number of aromatic nitrogens is 1. The maximum Gasteiger partial charge on any atom is 0.225 e. The number of nitrogens with two attached hydrogens (primary N) is 1. The number of rotatable bonds is 3. The van der Waals surface area contributed by atoms with E-state index in [9.17, 15) is 4.79 Å². The molecule has 0 aromatic carbocycles. The van der Waals surface area contributed by atoms with Crippen molar-refractivity contribution in [2.45, 2.75) is 31.8 Å². The van der Waals surface area contributed by atoms with Crippen LogP contribution in [-0.4, -0.2) is 16.9 Å². The van der Waals surface area contributed by atoms with Crippen LogP contribution in [0.3, 0.4) is 0 Å². The zero-order valence-corrected chi connectivity index (χ0v) is 10.5. The summed E-state index contributed by atoms with van der Waals surface area (Å²) in [7, 11) is 0. The number of hydrogen-bond acceptors (Lipinski definition) is 4. The van der Waals surface area contributed by atoms with Crippen molar-refractivity contribution in [3.05, 3.63) is 16.6 Å². The summed E-state index contributed by atoms with van der Waals surface area (Å²) < 4.78 is 0. The van der Waals surface area contributed by atoms with Gasteiger partial charge < -0.3 is 11.1 Å². The van der Waals surface area contributed by atoms with Crippen molar-refractivity contribution >= 4 is 17.2 Å². The van der Waals surface area contributed by atoms with Crippen LogP contribution in [0.15, 0.2) is 11.7 Å². The lowest BCUT2D eigenvalue weighted by Gasteiger charge is -2.26. The highest BCUT2D eigenvalue weighted by Crippen LogP contribution is 2.47. The van der Waals surface area contributed by atoms with Gasteiger partial charge in [0.25, 0.3) is 0 Å².